The van der Waals surface area contributed by atoms with Crippen LogP contribution in [0.5, 0.6) is 0 Å². The molecule has 0 amide bonds. The molecule has 0 saturated heterocycles. The van der Waals surface area contributed by atoms with Gasteiger partial charge in [-0.25, -0.2) is 9.59 Å². The fourth-order valence-corrected chi connectivity index (χ4v) is 3.43. The van der Waals surface area contributed by atoms with Gasteiger partial charge in [-0.3, -0.25) is 0 Å². The molecule has 2 aliphatic carbocycles. The number of carboxylic acids is 2. The number of rotatable bonds is 4. The molecule has 1 fully saturated rings. The molecule has 22 heavy (non-hydrogen) atoms. The molecule has 0 aromatic rings. The van der Waals surface area contributed by atoms with Crippen LogP contribution in [0.3, 0.4) is 0 Å². The van der Waals surface area contributed by atoms with Crippen LogP contribution < -0.4 is 0 Å². The summed E-state index contributed by atoms with van der Waals surface area (Å²) in [6.45, 7) is 0. The van der Waals surface area contributed by atoms with Crippen LogP contribution in [0.1, 0.15) is 38.5 Å². The molecular weight excluding hydrogens is 284 g/mol. The van der Waals surface area contributed by atoms with Crippen molar-refractivity contribution in [2.45, 2.75) is 38.5 Å². The van der Waals surface area contributed by atoms with E-state index in [1.54, 1.807) is 5.01 Å². The molecule has 0 bridgehead atoms. The number of hydrazone groups is 1. The zero-order chi connectivity index (χ0) is 16.3. The van der Waals surface area contributed by atoms with Gasteiger partial charge in [-0.1, -0.05) is 0 Å². The van der Waals surface area contributed by atoms with Crippen molar-refractivity contribution >= 4 is 17.7 Å². The smallest absolute Gasteiger partial charge is 0.336 e. The predicted molar refractivity (Wildman–Crippen MR) is 82.7 cm³/mol. The lowest BCUT2D eigenvalue weighted by Crippen LogP contribution is -2.27. The van der Waals surface area contributed by atoms with Gasteiger partial charge in [0, 0.05) is 20.2 Å². The molecule has 6 nitrogen and oxygen atoms in total. The number of carbonyl (C=O) groups is 2. The Hall–Kier alpha value is -2.11. The van der Waals surface area contributed by atoms with E-state index in [0.717, 1.165) is 49.5 Å². The quantitative estimate of drug-likeness (QED) is 0.614. The summed E-state index contributed by atoms with van der Waals surface area (Å²) in [5.41, 5.74) is 2.45. The van der Waals surface area contributed by atoms with E-state index in [-0.39, 0.29) is 5.57 Å². The predicted octanol–water partition coefficient (Wildman–Crippen LogP) is 2.28. The minimum absolute atomic E-state index is 0.0967. The van der Waals surface area contributed by atoms with Gasteiger partial charge >= 0.3 is 11.9 Å². The van der Waals surface area contributed by atoms with Crippen molar-refractivity contribution in [2.75, 3.05) is 14.1 Å². The number of fused-ring (bicyclic) bond motifs is 1. The average molecular weight is 306 g/mol. The van der Waals surface area contributed by atoms with Crippen LogP contribution in [0.2, 0.25) is 0 Å². The number of allylic oxidation sites excluding steroid dienone is 1. The molecule has 0 aliphatic heterocycles. The van der Waals surface area contributed by atoms with Crippen molar-refractivity contribution < 1.29 is 19.8 Å². The van der Waals surface area contributed by atoms with E-state index in [9.17, 15) is 14.7 Å². The van der Waals surface area contributed by atoms with Gasteiger partial charge in [0.1, 0.15) is 0 Å². The second kappa shape index (κ2) is 6.77. The highest BCUT2D eigenvalue weighted by Crippen LogP contribution is 2.41. The van der Waals surface area contributed by atoms with Crippen molar-refractivity contribution in [1.82, 2.24) is 5.01 Å². The molecule has 1 unspecified atom stereocenters. The van der Waals surface area contributed by atoms with Crippen molar-refractivity contribution in [1.29, 1.82) is 0 Å². The van der Waals surface area contributed by atoms with E-state index in [0.29, 0.717) is 17.9 Å². The lowest BCUT2D eigenvalue weighted by atomic mass is 9.72. The molecule has 1 saturated carbocycles. The fraction of sp³-hybridized carbons (Fsp3) is 0.562. The summed E-state index contributed by atoms with van der Waals surface area (Å²) in [6, 6.07) is 0. The van der Waals surface area contributed by atoms with Crippen LogP contribution in [0.25, 0.3) is 0 Å². The van der Waals surface area contributed by atoms with Crippen molar-refractivity contribution in [2.24, 2.45) is 11.0 Å². The molecule has 120 valence electrons. The van der Waals surface area contributed by atoms with Gasteiger partial charge in [0.05, 0.1) is 11.3 Å². The Morgan fingerprint density at radius 3 is 2.36 bits per heavy atom. The van der Waals surface area contributed by atoms with Crippen molar-refractivity contribution in [3.8, 4) is 0 Å². The normalized spacial score (nSPS) is 24.2. The van der Waals surface area contributed by atoms with Gasteiger partial charge in [0.15, 0.2) is 0 Å². The first-order valence-electron chi connectivity index (χ1n) is 7.56. The summed E-state index contributed by atoms with van der Waals surface area (Å²) >= 11 is 0. The number of aliphatic carboxylic acids is 2. The van der Waals surface area contributed by atoms with Crippen LogP contribution in [0, 0.1) is 5.92 Å². The van der Waals surface area contributed by atoms with Crippen LogP contribution in [-0.2, 0) is 9.59 Å². The largest absolute Gasteiger partial charge is 0.478 e. The first-order valence-corrected chi connectivity index (χ1v) is 7.56. The maximum atomic E-state index is 11.5. The van der Waals surface area contributed by atoms with Gasteiger partial charge in [-0.2, -0.15) is 5.10 Å². The van der Waals surface area contributed by atoms with Crippen LogP contribution in [-0.4, -0.2) is 47.0 Å². The number of hydrogen-bond donors (Lipinski definition) is 2. The zero-order valence-electron chi connectivity index (χ0n) is 13.0. The summed E-state index contributed by atoms with van der Waals surface area (Å²) in [5.74, 6) is -2.11. The highest BCUT2D eigenvalue weighted by Gasteiger charge is 2.33. The monoisotopic (exact) mass is 306 g/mol. The van der Waals surface area contributed by atoms with Gasteiger partial charge in [0.2, 0.25) is 0 Å². The van der Waals surface area contributed by atoms with E-state index >= 15 is 0 Å². The molecule has 2 aliphatic rings. The Labute approximate surface area is 129 Å². The summed E-state index contributed by atoms with van der Waals surface area (Å²) < 4.78 is 0. The molecule has 2 rings (SSSR count). The van der Waals surface area contributed by atoms with Crippen LogP contribution >= 0.6 is 0 Å². The summed E-state index contributed by atoms with van der Waals surface area (Å²) in [7, 11) is 3.68. The summed E-state index contributed by atoms with van der Waals surface area (Å²) in [5, 5.41) is 24.6. The Morgan fingerprint density at radius 2 is 1.82 bits per heavy atom. The second-order valence-corrected chi connectivity index (χ2v) is 5.97. The van der Waals surface area contributed by atoms with Crippen LogP contribution in [0.4, 0.5) is 0 Å². The topological polar surface area (TPSA) is 90.2 Å². The molecule has 1 atom stereocenters. The maximum Gasteiger partial charge on any atom is 0.336 e. The minimum Gasteiger partial charge on any atom is -0.478 e. The molecule has 6 heteroatoms. The van der Waals surface area contributed by atoms with Crippen molar-refractivity contribution in [3.63, 3.8) is 0 Å². The van der Waals surface area contributed by atoms with Gasteiger partial charge in [0.25, 0.3) is 0 Å². The minimum atomic E-state index is -1.23. The van der Waals surface area contributed by atoms with E-state index in [1.807, 2.05) is 14.1 Å². The first kappa shape index (κ1) is 16.3. The summed E-state index contributed by atoms with van der Waals surface area (Å²) in [4.78, 5) is 22.5. The van der Waals surface area contributed by atoms with Gasteiger partial charge < -0.3 is 15.2 Å². The molecular formula is C16H22N2O4. The van der Waals surface area contributed by atoms with E-state index in [4.69, 9.17) is 5.11 Å². The lowest BCUT2D eigenvalue weighted by molar-refractivity contribution is -0.134. The molecule has 0 aromatic heterocycles. The van der Waals surface area contributed by atoms with E-state index in [1.165, 1.54) is 0 Å². The third-order valence-corrected chi connectivity index (χ3v) is 4.13. The van der Waals surface area contributed by atoms with Crippen LogP contribution in [0.15, 0.2) is 27.9 Å². The Balaban J connectivity index is 2.59. The SMILES string of the molecule is CN(C)N=C1CCCC2CCCC(C(=CC(=O)O)C(=O)O)=C12. The number of hydrogen-bond acceptors (Lipinski definition) is 4. The van der Waals surface area contributed by atoms with E-state index in [2.05, 4.69) is 5.10 Å². The van der Waals surface area contributed by atoms with E-state index < -0.39 is 11.9 Å². The standard InChI is InChI=1S/C16H22N2O4/c1-18(2)17-13-8-4-6-10-5-3-7-11(15(10)13)12(16(21)22)9-14(19)20/h9-10H,3-8H2,1-2H3,(H,19,20)(H,21,22). The number of carboxylic acid groups (broad SMARTS) is 2. The van der Waals surface area contributed by atoms with Crippen molar-refractivity contribution in [3.05, 3.63) is 22.8 Å². The maximum absolute atomic E-state index is 11.5. The molecule has 0 radical (unpaired) electrons. The molecule has 2 N–H and O–H groups in total. The first-order chi connectivity index (χ1) is 10.4. The average Bonchev–Trinajstić information content (AvgIpc) is 2.43. The molecule has 0 heterocycles. The molecule has 0 spiro atoms. The third kappa shape index (κ3) is 3.55. The Kier molecular flexibility index (Phi) is 5.00. The van der Waals surface area contributed by atoms with Gasteiger partial charge in [-0.15, -0.1) is 0 Å². The zero-order valence-corrected chi connectivity index (χ0v) is 13.0. The highest BCUT2D eigenvalue weighted by atomic mass is 16.4. The Bertz CT molecular complexity index is 573. The Morgan fingerprint density at radius 1 is 1.18 bits per heavy atom. The van der Waals surface area contributed by atoms with Gasteiger partial charge in [-0.05, 0) is 55.6 Å². The highest BCUT2D eigenvalue weighted by molar-refractivity contribution is 6.06. The molecule has 0 aromatic carbocycles. The second-order valence-electron chi connectivity index (χ2n) is 5.97. The number of nitrogens with zero attached hydrogens (tertiary/aromatic N) is 2. The lowest BCUT2D eigenvalue weighted by Gasteiger charge is -2.34. The fourth-order valence-electron chi connectivity index (χ4n) is 3.43. The third-order valence-electron chi connectivity index (χ3n) is 4.13. The summed E-state index contributed by atoms with van der Waals surface area (Å²) in [6.07, 6.45) is 6.20.